The van der Waals surface area contributed by atoms with Crippen LogP contribution in [0.1, 0.15) is 17.0 Å². The molecule has 5 aromatic rings. The first-order valence-electron chi connectivity index (χ1n) is 10.4. The van der Waals surface area contributed by atoms with Crippen molar-refractivity contribution in [2.75, 3.05) is 0 Å². The molecule has 0 saturated carbocycles. The summed E-state index contributed by atoms with van der Waals surface area (Å²) in [4.78, 5) is 25.8. The van der Waals surface area contributed by atoms with Gasteiger partial charge in [-0.15, -0.1) is 0 Å². The van der Waals surface area contributed by atoms with Crippen molar-refractivity contribution in [3.63, 3.8) is 0 Å². The molecule has 0 bridgehead atoms. The van der Waals surface area contributed by atoms with Gasteiger partial charge in [0, 0.05) is 34.7 Å². The summed E-state index contributed by atoms with van der Waals surface area (Å²) in [5, 5.41) is 0.653. The van der Waals surface area contributed by atoms with Gasteiger partial charge in [0.15, 0.2) is 0 Å². The third kappa shape index (κ3) is 4.36. The van der Waals surface area contributed by atoms with Crippen LogP contribution >= 0.6 is 11.6 Å². The Morgan fingerprint density at radius 1 is 0.970 bits per heavy atom. The SMILES string of the molecule is Cc1cncc(Oc2ccc(Cn3c(C)cc(=O)n4cc(-c5ccc(Cl)cc5)nc34)cc2)n1. The van der Waals surface area contributed by atoms with Crippen LogP contribution in [0.2, 0.25) is 5.02 Å². The third-order valence-electron chi connectivity index (χ3n) is 5.28. The summed E-state index contributed by atoms with van der Waals surface area (Å²) in [5.41, 5.74) is 4.16. The van der Waals surface area contributed by atoms with Crippen LogP contribution in [0.5, 0.6) is 11.6 Å². The molecule has 0 unspecified atom stereocenters. The van der Waals surface area contributed by atoms with Crippen LogP contribution in [0.15, 0.2) is 78.0 Å². The molecule has 3 aromatic heterocycles. The van der Waals surface area contributed by atoms with Crippen molar-refractivity contribution in [1.82, 2.24) is 23.9 Å². The molecule has 0 saturated heterocycles. The maximum Gasteiger partial charge on any atom is 0.259 e. The summed E-state index contributed by atoms with van der Waals surface area (Å²) in [5.74, 6) is 1.71. The molecular formula is C25H20ClN5O2. The van der Waals surface area contributed by atoms with Crippen LogP contribution < -0.4 is 10.3 Å². The summed E-state index contributed by atoms with van der Waals surface area (Å²) < 4.78 is 9.38. The van der Waals surface area contributed by atoms with Crippen molar-refractivity contribution >= 4 is 17.4 Å². The van der Waals surface area contributed by atoms with Crippen LogP contribution in [0.25, 0.3) is 17.0 Å². The van der Waals surface area contributed by atoms with Crippen LogP contribution in [-0.4, -0.2) is 23.9 Å². The molecule has 3 heterocycles. The fourth-order valence-electron chi connectivity index (χ4n) is 3.62. The minimum atomic E-state index is -0.116. The van der Waals surface area contributed by atoms with E-state index in [-0.39, 0.29) is 5.56 Å². The molecule has 0 atom stereocenters. The lowest BCUT2D eigenvalue weighted by molar-refractivity contribution is 0.458. The van der Waals surface area contributed by atoms with Crippen LogP contribution in [-0.2, 0) is 6.54 Å². The second-order valence-corrected chi connectivity index (χ2v) is 8.19. The average Bonchev–Trinajstić information content (AvgIpc) is 3.24. The van der Waals surface area contributed by atoms with Crippen LogP contribution in [0.4, 0.5) is 0 Å². The first kappa shape index (κ1) is 20.9. The van der Waals surface area contributed by atoms with Gasteiger partial charge in [0.25, 0.3) is 5.56 Å². The van der Waals surface area contributed by atoms with Gasteiger partial charge in [0.05, 0.1) is 24.1 Å². The predicted molar refractivity (Wildman–Crippen MR) is 127 cm³/mol. The molecule has 0 N–H and O–H groups in total. The summed E-state index contributed by atoms with van der Waals surface area (Å²) in [7, 11) is 0. The number of aromatic nitrogens is 5. The standard InChI is InChI=1S/C25H20ClN5O2/c1-16-12-27-13-23(28-16)33-21-9-3-18(4-10-21)14-30-17(2)11-24(32)31-15-22(29-25(30)31)19-5-7-20(26)8-6-19/h3-13,15H,14H2,1-2H3. The van der Waals surface area contributed by atoms with E-state index in [0.29, 0.717) is 34.7 Å². The Balaban J connectivity index is 1.45. The van der Waals surface area contributed by atoms with E-state index in [2.05, 4.69) is 9.97 Å². The molecule has 5 rings (SSSR count). The smallest absolute Gasteiger partial charge is 0.259 e. The number of halogens is 1. The highest BCUT2D eigenvalue weighted by Crippen LogP contribution is 2.23. The van der Waals surface area contributed by atoms with Gasteiger partial charge in [-0.1, -0.05) is 35.9 Å². The van der Waals surface area contributed by atoms with Crippen LogP contribution in [0.3, 0.4) is 0 Å². The number of fused-ring (bicyclic) bond motifs is 1. The van der Waals surface area contributed by atoms with Gasteiger partial charge in [0.1, 0.15) is 5.75 Å². The summed E-state index contributed by atoms with van der Waals surface area (Å²) in [6.07, 6.45) is 5.02. The van der Waals surface area contributed by atoms with Gasteiger partial charge in [-0.3, -0.25) is 14.2 Å². The van der Waals surface area contributed by atoms with Crippen molar-refractivity contribution in [3.8, 4) is 22.9 Å². The van der Waals surface area contributed by atoms with E-state index in [1.807, 2.05) is 66.9 Å². The van der Waals surface area contributed by atoms with Gasteiger partial charge in [-0.05, 0) is 43.7 Å². The molecule has 0 fully saturated rings. The largest absolute Gasteiger partial charge is 0.437 e. The lowest BCUT2D eigenvalue weighted by Gasteiger charge is -2.12. The highest BCUT2D eigenvalue weighted by molar-refractivity contribution is 6.30. The Morgan fingerprint density at radius 2 is 1.73 bits per heavy atom. The van der Waals surface area contributed by atoms with Gasteiger partial charge < -0.3 is 9.30 Å². The number of hydrogen-bond donors (Lipinski definition) is 0. The minimum absolute atomic E-state index is 0.116. The molecule has 7 nitrogen and oxygen atoms in total. The summed E-state index contributed by atoms with van der Waals surface area (Å²) in [6, 6.07) is 16.8. The summed E-state index contributed by atoms with van der Waals surface area (Å²) in [6.45, 7) is 4.33. The maximum absolute atomic E-state index is 12.6. The van der Waals surface area contributed by atoms with Crippen molar-refractivity contribution in [1.29, 1.82) is 0 Å². The lowest BCUT2D eigenvalue weighted by Crippen LogP contribution is -2.19. The minimum Gasteiger partial charge on any atom is -0.437 e. The molecule has 33 heavy (non-hydrogen) atoms. The predicted octanol–water partition coefficient (Wildman–Crippen LogP) is 5.06. The monoisotopic (exact) mass is 457 g/mol. The average molecular weight is 458 g/mol. The Hall–Kier alpha value is -3.97. The third-order valence-corrected chi connectivity index (χ3v) is 5.54. The zero-order chi connectivity index (χ0) is 22.9. The van der Waals surface area contributed by atoms with E-state index in [4.69, 9.17) is 21.3 Å². The first-order valence-corrected chi connectivity index (χ1v) is 10.7. The summed E-state index contributed by atoms with van der Waals surface area (Å²) >= 11 is 6.01. The van der Waals surface area contributed by atoms with E-state index >= 15 is 0 Å². The number of nitrogens with zero attached hydrogens (tertiary/aromatic N) is 5. The number of rotatable bonds is 5. The van der Waals surface area contributed by atoms with Crippen molar-refractivity contribution in [3.05, 3.63) is 106 Å². The molecule has 0 aliphatic heterocycles. The van der Waals surface area contributed by atoms with E-state index < -0.39 is 0 Å². The molecule has 0 radical (unpaired) electrons. The quantitative estimate of drug-likeness (QED) is 0.368. The van der Waals surface area contributed by atoms with E-state index in [0.717, 1.165) is 22.5 Å². The zero-order valence-electron chi connectivity index (χ0n) is 18.1. The zero-order valence-corrected chi connectivity index (χ0v) is 18.8. The topological polar surface area (TPSA) is 74.3 Å². The van der Waals surface area contributed by atoms with Gasteiger partial charge in [0.2, 0.25) is 11.7 Å². The fraction of sp³-hybridized carbons (Fsp3) is 0.120. The highest BCUT2D eigenvalue weighted by atomic mass is 35.5. The highest BCUT2D eigenvalue weighted by Gasteiger charge is 2.12. The Bertz CT molecular complexity index is 1510. The molecule has 2 aromatic carbocycles. The number of benzene rings is 2. The number of ether oxygens (including phenoxy) is 1. The van der Waals surface area contributed by atoms with E-state index in [1.165, 1.54) is 0 Å². The molecule has 0 spiro atoms. The van der Waals surface area contributed by atoms with Crippen LogP contribution in [0, 0.1) is 13.8 Å². The normalized spacial score (nSPS) is 11.1. The fourth-order valence-corrected chi connectivity index (χ4v) is 3.74. The molecule has 8 heteroatoms. The van der Waals surface area contributed by atoms with Crippen molar-refractivity contribution in [2.45, 2.75) is 20.4 Å². The number of aryl methyl sites for hydroxylation is 2. The van der Waals surface area contributed by atoms with Gasteiger partial charge >= 0.3 is 0 Å². The van der Waals surface area contributed by atoms with Gasteiger partial charge in [-0.2, -0.15) is 0 Å². The first-order chi connectivity index (χ1) is 16.0. The Kier molecular flexibility index (Phi) is 5.40. The number of hydrogen-bond acceptors (Lipinski definition) is 5. The molecule has 0 aliphatic rings. The Morgan fingerprint density at radius 3 is 2.45 bits per heavy atom. The van der Waals surface area contributed by atoms with Crippen molar-refractivity contribution in [2.24, 2.45) is 0 Å². The molecule has 0 aliphatic carbocycles. The van der Waals surface area contributed by atoms with E-state index in [1.54, 1.807) is 29.1 Å². The van der Waals surface area contributed by atoms with E-state index in [9.17, 15) is 4.79 Å². The second-order valence-electron chi connectivity index (χ2n) is 7.76. The Labute approximate surface area is 194 Å². The molecular weight excluding hydrogens is 438 g/mol. The maximum atomic E-state index is 12.6. The second kappa shape index (κ2) is 8.52. The number of imidazole rings is 1. The van der Waals surface area contributed by atoms with Gasteiger partial charge in [-0.25, -0.2) is 9.97 Å². The lowest BCUT2D eigenvalue weighted by atomic mass is 10.2. The van der Waals surface area contributed by atoms with Crippen molar-refractivity contribution < 1.29 is 4.74 Å². The molecule has 164 valence electrons. The molecule has 0 amide bonds.